The van der Waals surface area contributed by atoms with E-state index in [1.165, 1.54) is 0 Å². The second kappa shape index (κ2) is 3.93. The summed E-state index contributed by atoms with van der Waals surface area (Å²) in [4.78, 5) is 13.7. The molecule has 0 saturated carbocycles. The van der Waals surface area contributed by atoms with Crippen LogP contribution in [-0.2, 0) is 4.79 Å². The van der Waals surface area contributed by atoms with Gasteiger partial charge < -0.3 is 9.64 Å². The Morgan fingerprint density at radius 2 is 2.07 bits per heavy atom. The van der Waals surface area contributed by atoms with Crippen molar-refractivity contribution in [1.82, 2.24) is 0 Å². The summed E-state index contributed by atoms with van der Waals surface area (Å²) in [6.07, 6.45) is 0.451. The maximum atomic E-state index is 11.9. The topological polar surface area (TPSA) is 29.5 Å². The van der Waals surface area contributed by atoms with Gasteiger partial charge >= 0.3 is 0 Å². The summed E-state index contributed by atoms with van der Waals surface area (Å²) < 4.78 is 5.54. The Bertz CT molecular complexity index is 374. The number of hydrogen-bond acceptors (Lipinski definition) is 2. The number of hydrogen-bond donors (Lipinski definition) is 0. The van der Waals surface area contributed by atoms with Crippen LogP contribution in [0.4, 0.5) is 5.69 Å². The smallest absolute Gasteiger partial charge is 0.230 e. The van der Waals surface area contributed by atoms with Gasteiger partial charge in [0.15, 0.2) is 0 Å². The summed E-state index contributed by atoms with van der Waals surface area (Å²) in [7, 11) is 0. The van der Waals surface area contributed by atoms with Gasteiger partial charge in [0, 0.05) is 6.04 Å². The first kappa shape index (κ1) is 10.0. The van der Waals surface area contributed by atoms with Crippen LogP contribution in [0.25, 0.3) is 0 Å². The van der Waals surface area contributed by atoms with Crippen molar-refractivity contribution in [2.75, 3.05) is 11.5 Å². The average molecular weight is 205 g/mol. The quantitative estimate of drug-likeness (QED) is 0.703. The number of fused-ring (bicyclic) bond motifs is 1. The lowest BCUT2D eigenvalue weighted by Gasteiger charge is -2.25. The average Bonchev–Trinajstić information content (AvgIpc) is 2.35. The molecule has 0 spiro atoms. The van der Waals surface area contributed by atoms with Crippen LogP contribution in [0.3, 0.4) is 0 Å². The van der Waals surface area contributed by atoms with Crippen LogP contribution in [0.5, 0.6) is 5.75 Å². The second-order valence-corrected chi connectivity index (χ2v) is 3.92. The summed E-state index contributed by atoms with van der Waals surface area (Å²) in [6, 6.07) is 7.85. The lowest BCUT2D eigenvalue weighted by molar-refractivity contribution is -0.119. The maximum Gasteiger partial charge on any atom is 0.230 e. The number of carbonyl (C=O) groups is 1. The Balaban J connectivity index is 2.47. The lowest BCUT2D eigenvalue weighted by Crippen LogP contribution is -2.36. The Labute approximate surface area is 89.7 Å². The van der Waals surface area contributed by atoms with Crippen molar-refractivity contribution in [3.63, 3.8) is 0 Å². The molecule has 1 aliphatic rings. The van der Waals surface area contributed by atoms with Crippen LogP contribution < -0.4 is 9.64 Å². The molecule has 0 N–H and O–H groups in total. The fourth-order valence-electron chi connectivity index (χ4n) is 1.85. The van der Waals surface area contributed by atoms with Crippen LogP contribution in [0.2, 0.25) is 0 Å². The van der Waals surface area contributed by atoms with Gasteiger partial charge in [-0.1, -0.05) is 12.1 Å². The van der Waals surface area contributed by atoms with E-state index in [0.29, 0.717) is 13.0 Å². The first-order chi connectivity index (χ1) is 7.20. The highest BCUT2D eigenvalue weighted by Gasteiger charge is 2.24. The zero-order valence-corrected chi connectivity index (χ0v) is 9.06. The Morgan fingerprint density at radius 3 is 2.80 bits per heavy atom. The summed E-state index contributed by atoms with van der Waals surface area (Å²) in [5, 5.41) is 0. The van der Waals surface area contributed by atoms with Crippen molar-refractivity contribution < 1.29 is 9.53 Å². The fraction of sp³-hybridized carbons (Fsp3) is 0.417. The first-order valence-electron chi connectivity index (χ1n) is 5.24. The predicted octanol–water partition coefficient (Wildman–Crippen LogP) is 2.21. The highest BCUT2D eigenvalue weighted by molar-refractivity contribution is 5.96. The van der Waals surface area contributed by atoms with Gasteiger partial charge in [0.25, 0.3) is 0 Å². The normalized spacial score (nSPS) is 15.9. The minimum atomic E-state index is 0.134. The number of nitrogens with zero attached hydrogens (tertiary/aromatic N) is 1. The summed E-state index contributed by atoms with van der Waals surface area (Å²) in [5.74, 6) is 0.937. The van der Waals surface area contributed by atoms with E-state index in [0.717, 1.165) is 11.4 Å². The van der Waals surface area contributed by atoms with Crippen LogP contribution in [0.15, 0.2) is 24.3 Å². The van der Waals surface area contributed by atoms with E-state index in [9.17, 15) is 4.79 Å². The number of rotatable bonds is 1. The van der Waals surface area contributed by atoms with E-state index in [-0.39, 0.29) is 11.9 Å². The molecule has 2 rings (SSSR count). The molecule has 0 radical (unpaired) electrons. The molecule has 1 aromatic rings. The summed E-state index contributed by atoms with van der Waals surface area (Å²) in [5.41, 5.74) is 0.884. The van der Waals surface area contributed by atoms with Crippen molar-refractivity contribution in [2.45, 2.75) is 26.3 Å². The minimum absolute atomic E-state index is 0.134. The Kier molecular flexibility index (Phi) is 2.62. The van der Waals surface area contributed by atoms with Gasteiger partial charge in [-0.2, -0.15) is 0 Å². The van der Waals surface area contributed by atoms with Gasteiger partial charge in [-0.3, -0.25) is 4.79 Å². The van der Waals surface area contributed by atoms with Crippen LogP contribution in [-0.4, -0.2) is 18.6 Å². The number of carbonyl (C=O) groups excluding carboxylic acids is 1. The third-order valence-electron chi connectivity index (χ3n) is 2.48. The first-order valence-corrected chi connectivity index (χ1v) is 5.24. The van der Waals surface area contributed by atoms with E-state index < -0.39 is 0 Å². The molecule has 15 heavy (non-hydrogen) atoms. The van der Waals surface area contributed by atoms with E-state index in [1.54, 1.807) is 0 Å². The van der Waals surface area contributed by atoms with E-state index >= 15 is 0 Å². The number of ether oxygens (including phenoxy) is 1. The Morgan fingerprint density at radius 1 is 1.33 bits per heavy atom. The number of para-hydroxylation sites is 2. The third-order valence-corrected chi connectivity index (χ3v) is 2.48. The molecule has 0 unspecified atom stereocenters. The standard InChI is InChI=1S/C12H15NO2/c1-9(2)13-10-5-3-4-6-11(10)15-8-7-12(13)14/h3-6,9H,7-8H2,1-2H3. The van der Waals surface area contributed by atoms with E-state index in [4.69, 9.17) is 4.74 Å². The van der Waals surface area contributed by atoms with Crippen LogP contribution in [0, 0.1) is 0 Å². The Hall–Kier alpha value is -1.51. The molecule has 0 fully saturated rings. The highest BCUT2D eigenvalue weighted by Crippen LogP contribution is 2.32. The monoisotopic (exact) mass is 205 g/mol. The number of benzene rings is 1. The van der Waals surface area contributed by atoms with Gasteiger partial charge in [0.2, 0.25) is 5.91 Å². The molecule has 1 heterocycles. The summed E-state index contributed by atoms with van der Waals surface area (Å²) >= 11 is 0. The lowest BCUT2D eigenvalue weighted by atomic mass is 10.2. The molecule has 3 nitrogen and oxygen atoms in total. The molecule has 0 atom stereocenters. The number of anilines is 1. The molecule has 1 aromatic carbocycles. The van der Waals surface area contributed by atoms with Crippen molar-refractivity contribution >= 4 is 11.6 Å². The van der Waals surface area contributed by atoms with Crippen LogP contribution >= 0.6 is 0 Å². The van der Waals surface area contributed by atoms with Gasteiger partial charge in [0.1, 0.15) is 5.75 Å². The minimum Gasteiger partial charge on any atom is -0.491 e. The molecule has 0 aromatic heterocycles. The van der Waals surface area contributed by atoms with Crippen molar-refractivity contribution in [3.8, 4) is 5.75 Å². The number of amides is 1. The van der Waals surface area contributed by atoms with E-state index in [2.05, 4.69) is 0 Å². The molecule has 0 saturated heterocycles. The largest absolute Gasteiger partial charge is 0.491 e. The van der Waals surface area contributed by atoms with Gasteiger partial charge in [-0.15, -0.1) is 0 Å². The molecule has 80 valence electrons. The highest BCUT2D eigenvalue weighted by atomic mass is 16.5. The SMILES string of the molecule is CC(C)N1C(=O)CCOc2ccccc21. The molecule has 3 heteroatoms. The van der Waals surface area contributed by atoms with Crippen LogP contribution in [0.1, 0.15) is 20.3 Å². The van der Waals surface area contributed by atoms with Gasteiger partial charge in [-0.25, -0.2) is 0 Å². The summed E-state index contributed by atoms with van der Waals surface area (Å²) in [6.45, 7) is 4.50. The fourth-order valence-corrected chi connectivity index (χ4v) is 1.85. The van der Waals surface area contributed by atoms with Gasteiger partial charge in [0.05, 0.1) is 18.7 Å². The maximum absolute atomic E-state index is 11.9. The molecular formula is C12H15NO2. The zero-order valence-electron chi connectivity index (χ0n) is 9.06. The van der Waals surface area contributed by atoms with Crippen molar-refractivity contribution in [3.05, 3.63) is 24.3 Å². The second-order valence-electron chi connectivity index (χ2n) is 3.92. The molecule has 0 bridgehead atoms. The molecule has 1 aliphatic heterocycles. The molecular weight excluding hydrogens is 190 g/mol. The van der Waals surface area contributed by atoms with E-state index in [1.807, 2.05) is 43.0 Å². The van der Waals surface area contributed by atoms with Gasteiger partial charge in [-0.05, 0) is 26.0 Å². The predicted molar refractivity (Wildman–Crippen MR) is 59.2 cm³/mol. The van der Waals surface area contributed by atoms with Crippen molar-refractivity contribution in [2.24, 2.45) is 0 Å². The zero-order chi connectivity index (χ0) is 10.8. The van der Waals surface area contributed by atoms with Crippen molar-refractivity contribution in [1.29, 1.82) is 0 Å². The molecule has 0 aliphatic carbocycles. The molecule has 1 amide bonds. The third kappa shape index (κ3) is 1.82.